The molecule has 2 aromatic heterocycles. The summed E-state index contributed by atoms with van der Waals surface area (Å²) in [4.78, 5) is 4.26. The Morgan fingerprint density at radius 1 is 1.31 bits per heavy atom. The van der Waals surface area contributed by atoms with Crippen LogP contribution in [-0.2, 0) is 0 Å². The van der Waals surface area contributed by atoms with Crippen molar-refractivity contribution < 1.29 is 0 Å². The molecule has 0 bridgehead atoms. The summed E-state index contributed by atoms with van der Waals surface area (Å²) in [5.74, 6) is 0.855. The quantitative estimate of drug-likeness (QED) is 0.761. The van der Waals surface area contributed by atoms with E-state index < -0.39 is 0 Å². The fourth-order valence-electron chi connectivity index (χ4n) is 1.11. The maximum atomic E-state index is 4.26. The summed E-state index contributed by atoms with van der Waals surface area (Å²) in [5.41, 5.74) is 1.08. The van der Waals surface area contributed by atoms with Crippen molar-refractivity contribution in [2.75, 3.05) is 0 Å². The molecule has 0 saturated carbocycles. The zero-order valence-electron chi connectivity index (χ0n) is 6.98. The maximum Gasteiger partial charge on any atom is 0.142 e. The van der Waals surface area contributed by atoms with Crippen LogP contribution in [0.1, 0.15) is 5.56 Å². The second-order valence-electron chi connectivity index (χ2n) is 2.66. The van der Waals surface area contributed by atoms with Gasteiger partial charge in [0.15, 0.2) is 0 Å². The van der Waals surface area contributed by atoms with Crippen LogP contribution in [0.15, 0.2) is 29.4 Å². The minimum absolute atomic E-state index is 0.855. The number of rotatable bonds is 1. The van der Waals surface area contributed by atoms with Crippen molar-refractivity contribution in [2.45, 2.75) is 6.92 Å². The average molecular weight is 239 g/mol. The summed E-state index contributed by atoms with van der Waals surface area (Å²) in [7, 11) is 0. The molecule has 0 radical (unpaired) electrons. The van der Waals surface area contributed by atoms with Gasteiger partial charge in [-0.2, -0.15) is 0 Å². The predicted molar refractivity (Wildman–Crippen MR) is 51.6 cm³/mol. The van der Waals surface area contributed by atoms with Crippen LogP contribution in [0, 0.1) is 6.92 Å². The van der Waals surface area contributed by atoms with Gasteiger partial charge in [0.2, 0.25) is 0 Å². The lowest BCUT2D eigenvalue weighted by atomic mass is 10.3. The molecule has 0 spiro atoms. The van der Waals surface area contributed by atoms with Crippen molar-refractivity contribution in [3.8, 4) is 5.82 Å². The highest BCUT2D eigenvalue weighted by atomic mass is 79.9. The van der Waals surface area contributed by atoms with Gasteiger partial charge < -0.3 is 0 Å². The summed E-state index contributed by atoms with van der Waals surface area (Å²) in [6.07, 6.45) is 5.01. The SMILES string of the molecule is Cc1cc(Br)cnc1-n1cnnc1. The Balaban J connectivity index is 2.53. The van der Waals surface area contributed by atoms with E-state index >= 15 is 0 Å². The van der Waals surface area contributed by atoms with Gasteiger partial charge in [0.25, 0.3) is 0 Å². The Labute approximate surface area is 83.8 Å². The van der Waals surface area contributed by atoms with E-state index in [-0.39, 0.29) is 0 Å². The van der Waals surface area contributed by atoms with Gasteiger partial charge in [-0.05, 0) is 34.5 Å². The van der Waals surface area contributed by atoms with Gasteiger partial charge in [-0.3, -0.25) is 4.57 Å². The number of nitrogens with zero attached hydrogens (tertiary/aromatic N) is 4. The first-order chi connectivity index (χ1) is 6.27. The number of hydrogen-bond donors (Lipinski definition) is 0. The third-order valence-electron chi connectivity index (χ3n) is 1.68. The van der Waals surface area contributed by atoms with E-state index in [1.165, 1.54) is 0 Å². The maximum absolute atomic E-state index is 4.26. The normalized spacial score (nSPS) is 10.3. The topological polar surface area (TPSA) is 43.6 Å². The fourth-order valence-corrected chi connectivity index (χ4v) is 1.56. The first-order valence-electron chi connectivity index (χ1n) is 3.74. The van der Waals surface area contributed by atoms with Crippen LogP contribution in [0.25, 0.3) is 5.82 Å². The van der Waals surface area contributed by atoms with E-state index in [2.05, 4.69) is 31.1 Å². The van der Waals surface area contributed by atoms with Crippen LogP contribution in [0.3, 0.4) is 0 Å². The van der Waals surface area contributed by atoms with Gasteiger partial charge in [-0.25, -0.2) is 4.98 Å². The Morgan fingerprint density at radius 3 is 2.62 bits per heavy atom. The first-order valence-corrected chi connectivity index (χ1v) is 4.54. The van der Waals surface area contributed by atoms with E-state index in [1.54, 1.807) is 23.4 Å². The van der Waals surface area contributed by atoms with Crippen LogP contribution in [0.5, 0.6) is 0 Å². The van der Waals surface area contributed by atoms with Crippen molar-refractivity contribution in [2.24, 2.45) is 0 Å². The Bertz CT molecular complexity index is 410. The van der Waals surface area contributed by atoms with Gasteiger partial charge in [0, 0.05) is 10.7 Å². The fraction of sp³-hybridized carbons (Fsp3) is 0.125. The second kappa shape index (κ2) is 3.26. The second-order valence-corrected chi connectivity index (χ2v) is 3.58. The Kier molecular flexibility index (Phi) is 2.10. The van der Waals surface area contributed by atoms with Crippen molar-refractivity contribution in [3.05, 3.63) is 35.0 Å². The highest BCUT2D eigenvalue weighted by Crippen LogP contribution is 2.15. The molecule has 0 unspecified atom stereocenters. The van der Waals surface area contributed by atoms with E-state index in [9.17, 15) is 0 Å². The smallest absolute Gasteiger partial charge is 0.142 e. The zero-order chi connectivity index (χ0) is 9.26. The molecule has 2 rings (SSSR count). The highest BCUT2D eigenvalue weighted by Gasteiger charge is 2.02. The molecule has 0 amide bonds. The van der Waals surface area contributed by atoms with Crippen molar-refractivity contribution in [1.82, 2.24) is 19.7 Å². The molecule has 66 valence electrons. The number of aryl methyl sites for hydroxylation is 1. The summed E-state index contributed by atoms with van der Waals surface area (Å²) >= 11 is 3.36. The molecule has 0 atom stereocenters. The number of pyridine rings is 1. The lowest BCUT2D eigenvalue weighted by molar-refractivity contribution is 0.970. The van der Waals surface area contributed by atoms with Crippen LogP contribution >= 0.6 is 15.9 Å². The van der Waals surface area contributed by atoms with Crippen molar-refractivity contribution in [3.63, 3.8) is 0 Å². The lowest BCUT2D eigenvalue weighted by Crippen LogP contribution is -1.97. The number of hydrogen-bond acceptors (Lipinski definition) is 3. The van der Waals surface area contributed by atoms with Crippen LogP contribution in [0.4, 0.5) is 0 Å². The zero-order valence-corrected chi connectivity index (χ0v) is 8.56. The molecule has 0 N–H and O–H groups in total. The Morgan fingerprint density at radius 2 is 2.00 bits per heavy atom. The standard InChI is InChI=1S/C8H7BrN4/c1-6-2-7(9)3-10-8(6)13-4-11-12-5-13/h2-5H,1H3. The van der Waals surface area contributed by atoms with E-state index in [0.717, 1.165) is 15.9 Å². The predicted octanol–water partition coefficient (Wildman–Crippen LogP) is 1.73. The molecular weight excluding hydrogens is 232 g/mol. The van der Waals surface area contributed by atoms with E-state index in [0.29, 0.717) is 0 Å². The third-order valence-corrected chi connectivity index (χ3v) is 2.11. The molecule has 2 heterocycles. The molecule has 0 aliphatic heterocycles. The summed E-state index contributed by atoms with van der Waals surface area (Å²) in [6, 6.07) is 2.00. The van der Waals surface area contributed by atoms with Crippen LogP contribution in [-0.4, -0.2) is 19.7 Å². The summed E-state index contributed by atoms with van der Waals surface area (Å²) in [5, 5.41) is 7.45. The monoisotopic (exact) mass is 238 g/mol. The summed E-state index contributed by atoms with van der Waals surface area (Å²) in [6.45, 7) is 1.99. The van der Waals surface area contributed by atoms with Crippen molar-refractivity contribution >= 4 is 15.9 Å². The van der Waals surface area contributed by atoms with E-state index in [1.807, 2.05) is 13.0 Å². The molecule has 0 aliphatic carbocycles. The Hall–Kier alpha value is -1.23. The lowest BCUT2D eigenvalue weighted by Gasteiger charge is -2.03. The molecular formula is C8H7BrN4. The molecule has 5 heteroatoms. The number of aromatic nitrogens is 4. The minimum Gasteiger partial charge on any atom is -0.272 e. The average Bonchev–Trinajstić information content (AvgIpc) is 2.56. The summed E-state index contributed by atoms with van der Waals surface area (Å²) < 4.78 is 2.75. The van der Waals surface area contributed by atoms with Gasteiger partial charge in [-0.15, -0.1) is 10.2 Å². The van der Waals surface area contributed by atoms with Crippen molar-refractivity contribution in [1.29, 1.82) is 0 Å². The largest absolute Gasteiger partial charge is 0.272 e. The minimum atomic E-state index is 0.855. The highest BCUT2D eigenvalue weighted by molar-refractivity contribution is 9.10. The molecule has 0 aliphatic rings. The molecule has 0 aromatic carbocycles. The molecule has 0 fully saturated rings. The van der Waals surface area contributed by atoms with E-state index in [4.69, 9.17) is 0 Å². The van der Waals surface area contributed by atoms with Crippen LogP contribution < -0.4 is 0 Å². The van der Waals surface area contributed by atoms with Crippen LogP contribution in [0.2, 0.25) is 0 Å². The third kappa shape index (κ3) is 1.60. The van der Waals surface area contributed by atoms with Gasteiger partial charge in [-0.1, -0.05) is 0 Å². The van der Waals surface area contributed by atoms with Gasteiger partial charge >= 0.3 is 0 Å². The molecule has 0 saturated heterocycles. The van der Waals surface area contributed by atoms with Gasteiger partial charge in [0.1, 0.15) is 18.5 Å². The van der Waals surface area contributed by atoms with Gasteiger partial charge in [0.05, 0.1) is 0 Å². The first kappa shape index (κ1) is 8.37. The molecule has 4 nitrogen and oxygen atoms in total. The molecule has 13 heavy (non-hydrogen) atoms. The number of halogens is 1. The molecule has 2 aromatic rings.